The lowest BCUT2D eigenvalue weighted by molar-refractivity contribution is 0.122. The number of ether oxygens (including phenoxy) is 1. The number of morpholine rings is 1. The van der Waals surface area contributed by atoms with E-state index < -0.39 is 0 Å². The summed E-state index contributed by atoms with van der Waals surface area (Å²) in [5, 5.41) is 3.43. The van der Waals surface area contributed by atoms with Gasteiger partial charge in [0.1, 0.15) is 11.6 Å². The van der Waals surface area contributed by atoms with Crippen LogP contribution in [0.5, 0.6) is 0 Å². The van der Waals surface area contributed by atoms with Gasteiger partial charge in [0.15, 0.2) is 0 Å². The van der Waals surface area contributed by atoms with Crippen LogP contribution >= 0.6 is 0 Å². The molecule has 0 amide bonds. The number of nitrogens with zero attached hydrogens (tertiary/aromatic N) is 2. The molecular formula is C28H27FN4O. The Morgan fingerprint density at radius 3 is 2.50 bits per heavy atom. The van der Waals surface area contributed by atoms with E-state index in [2.05, 4.69) is 70.1 Å². The van der Waals surface area contributed by atoms with Gasteiger partial charge in [0.25, 0.3) is 0 Å². The lowest BCUT2D eigenvalue weighted by Crippen LogP contribution is -2.36. The molecule has 1 aliphatic rings. The third-order valence-corrected chi connectivity index (χ3v) is 6.11. The molecule has 0 aliphatic carbocycles. The molecule has 172 valence electrons. The summed E-state index contributed by atoms with van der Waals surface area (Å²) in [6.07, 6.45) is 1.77. The number of benzene rings is 3. The molecule has 0 unspecified atom stereocenters. The summed E-state index contributed by atoms with van der Waals surface area (Å²) >= 11 is 0. The van der Waals surface area contributed by atoms with Crippen LogP contribution in [0, 0.1) is 12.7 Å². The van der Waals surface area contributed by atoms with E-state index in [4.69, 9.17) is 4.74 Å². The van der Waals surface area contributed by atoms with E-state index in [1.807, 2.05) is 6.07 Å². The van der Waals surface area contributed by atoms with E-state index in [9.17, 15) is 4.39 Å². The fourth-order valence-corrected chi connectivity index (χ4v) is 4.13. The molecule has 1 fully saturated rings. The lowest BCUT2D eigenvalue weighted by atomic mass is 10.1. The molecule has 3 aromatic carbocycles. The Bertz CT molecular complexity index is 1290. The van der Waals surface area contributed by atoms with Gasteiger partial charge in [0, 0.05) is 35.7 Å². The number of halogens is 1. The molecule has 2 heterocycles. The van der Waals surface area contributed by atoms with Crippen LogP contribution in [0.1, 0.15) is 11.1 Å². The minimum atomic E-state index is -0.255. The molecule has 1 aromatic heterocycles. The predicted molar refractivity (Wildman–Crippen MR) is 136 cm³/mol. The van der Waals surface area contributed by atoms with Gasteiger partial charge in [0.05, 0.1) is 25.1 Å². The van der Waals surface area contributed by atoms with E-state index >= 15 is 0 Å². The van der Waals surface area contributed by atoms with Crippen molar-refractivity contribution in [2.75, 3.05) is 36.5 Å². The number of rotatable bonds is 6. The number of aromatic nitrogens is 2. The summed E-state index contributed by atoms with van der Waals surface area (Å²) in [7, 11) is 0. The summed E-state index contributed by atoms with van der Waals surface area (Å²) in [6.45, 7) is 9.67. The minimum absolute atomic E-state index is 0.255. The third kappa shape index (κ3) is 4.72. The zero-order valence-corrected chi connectivity index (χ0v) is 19.1. The van der Waals surface area contributed by atoms with Crippen molar-refractivity contribution in [1.29, 1.82) is 0 Å². The molecule has 5 rings (SSSR count). The van der Waals surface area contributed by atoms with Gasteiger partial charge in [-0.25, -0.2) is 9.37 Å². The summed E-state index contributed by atoms with van der Waals surface area (Å²) in [5.41, 5.74) is 7.83. The van der Waals surface area contributed by atoms with E-state index in [-0.39, 0.29) is 5.82 Å². The normalized spacial score (nSPS) is 13.6. The van der Waals surface area contributed by atoms with Crippen LogP contribution in [-0.2, 0) is 4.74 Å². The summed E-state index contributed by atoms with van der Waals surface area (Å²) in [5.74, 6) is 0.509. The average molecular weight is 455 g/mol. The van der Waals surface area contributed by atoms with Crippen LogP contribution in [0.2, 0.25) is 0 Å². The highest BCUT2D eigenvalue weighted by Gasteiger charge is 2.12. The van der Waals surface area contributed by atoms with Crippen LogP contribution in [0.25, 0.3) is 28.3 Å². The molecule has 4 aromatic rings. The summed E-state index contributed by atoms with van der Waals surface area (Å²) < 4.78 is 18.7. The van der Waals surface area contributed by atoms with Gasteiger partial charge in [-0.3, -0.25) is 0 Å². The van der Waals surface area contributed by atoms with Crippen molar-refractivity contribution in [2.45, 2.75) is 6.92 Å². The summed E-state index contributed by atoms with van der Waals surface area (Å²) in [4.78, 5) is 10.3. The number of nitrogens with one attached hydrogen (secondary N) is 2. The highest BCUT2D eigenvalue weighted by atomic mass is 19.1. The number of hydrogen-bond donors (Lipinski definition) is 2. The Morgan fingerprint density at radius 2 is 1.76 bits per heavy atom. The highest BCUT2D eigenvalue weighted by molar-refractivity contribution is 5.79. The second-order valence-electron chi connectivity index (χ2n) is 8.43. The second kappa shape index (κ2) is 9.53. The molecule has 2 N–H and O–H groups in total. The van der Waals surface area contributed by atoms with Crippen molar-refractivity contribution in [1.82, 2.24) is 9.97 Å². The largest absolute Gasteiger partial charge is 0.378 e. The Balaban J connectivity index is 1.32. The first-order valence-corrected chi connectivity index (χ1v) is 11.4. The van der Waals surface area contributed by atoms with Crippen LogP contribution in [0.3, 0.4) is 0 Å². The number of imidazole rings is 1. The molecule has 6 heteroatoms. The first kappa shape index (κ1) is 21.9. The number of H-pyrrole nitrogens is 1. The number of anilines is 2. The third-order valence-electron chi connectivity index (χ3n) is 6.11. The maximum atomic E-state index is 13.3. The van der Waals surface area contributed by atoms with Crippen molar-refractivity contribution in [3.63, 3.8) is 0 Å². The van der Waals surface area contributed by atoms with Gasteiger partial charge in [-0.2, -0.15) is 0 Å². The van der Waals surface area contributed by atoms with Crippen molar-refractivity contribution in [2.24, 2.45) is 0 Å². The Morgan fingerprint density at radius 1 is 1.03 bits per heavy atom. The molecule has 0 saturated carbocycles. The topological polar surface area (TPSA) is 53.2 Å². The second-order valence-corrected chi connectivity index (χ2v) is 8.43. The lowest BCUT2D eigenvalue weighted by Gasteiger charge is -2.29. The monoisotopic (exact) mass is 454 g/mol. The zero-order valence-electron chi connectivity index (χ0n) is 19.1. The quantitative estimate of drug-likeness (QED) is 0.369. The number of hydrogen-bond acceptors (Lipinski definition) is 4. The van der Waals surface area contributed by atoms with E-state index in [1.165, 1.54) is 17.8 Å². The van der Waals surface area contributed by atoms with Gasteiger partial charge < -0.3 is 19.9 Å². The maximum Gasteiger partial charge on any atom is 0.138 e. The van der Waals surface area contributed by atoms with E-state index in [1.54, 1.807) is 18.3 Å². The smallest absolute Gasteiger partial charge is 0.138 e. The van der Waals surface area contributed by atoms with E-state index in [0.29, 0.717) is 0 Å². The first-order chi connectivity index (χ1) is 16.6. The van der Waals surface area contributed by atoms with Crippen molar-refractivity contribution in [3.05, 3.63) is 96.4 Å². The minimum Gasteiger partial charge on any atom is -0.378 e. The van der Waals surface area contributed by atoms with Gasteiger partial charge in [0.2, 0.25) is 0 Å². The van der Waals surface area contributed by atoms with Crippen molar-refractivity contribution in [3.8, 4) is 22.6 Å². The van der Waals surface area contributed by atoms with Gasteiger partial charge in [-0.1, -0.05) is 24.8 Å². The van der Waals surface area contributed by atoms with Crippen LogP contribution in [0.4, 0.5) is 15.8 Å². The standard InChI is InChI=1S/C28H27FN4O/c1-19-3-10-24(17-26(19)28-30-18-27(32-28)22-4-8-23(29)9-5-22)31-20(2)21-6-11-25(12-7-21)33-13-15-34-16-14-33/h3-12,17-18,31H,2,13-16H2,1H3,(H,30,32). The van der Waals surface area contributed by atoms with Crippen LogP contribution in [-0.4, -0.2) is 36.3 Å². The number of aromatic amines is 1. The van der Waals surface area contributed by atoms with Crippen LogP contribution in [0.15, 0.2) is 79.5 Å². The number of aryl methyl sites for hydroxylation is 1. The molecule has 1 saturated heterocycles. The highest BCUT2D eigenvalue weighted by Crippen LogP contribution is 2.29. The molecule has 34 heavy (non-hydrogen) atoms. The van der Waals surface area contributed by atoms with Gasteiger partial charge >= 0.3 is 0 Å². The predicted octanol–water partition coefficient (Wildman–Crippen LogP) is 6.11. The fourth-order valence-electron chi connectivity index (χ4n) is 4.13. The molecule has 5 nitrogen and oxygen atoms in total. The zero-order chi connectivity index (χ0) is 23.5. The van der Waals surface area contributed by atoms with Crippen molar-refractivity contribution < 1.29 is 9.13 Å². The fraction of sp³-hybridized carbons (Fsp3) is 0.179. The molecule has 0 atom stereocenters. The molecule has 1 aliphatic heterocycles. The van der Waals surface area contributed by atoms with Gasteiger partial charge in [-0.15, -0.1) is 0 Å². The SMILES string of the molecule is C=C(Nc1ccc(C)c(-c2ncc(-c3ccc(F)cc3)[nH]2)c1)c1ccc(N2CCOCC2)cc1. The van der Waals surface area contributed by atoms with Crippen LogP contribution < -0.4 is 10.2 Å². The van der Waals surface area contributed by atoms with E-state index in [0.717, 1.165) is 71.5 Å². The Labute approximate surface area is 198 Å². The van der Waals surface area contributed by atoms with Gasteiger partial charge in [-0.05, 0) is 72.1 Å². The first-order valence-electron chi connectivity index (χ1n) is 11.4. The Kier molecular flexibility index (Phi) is 6.14. The average Bonchev–Trinajstić information content (AvgIpc) is 3.36. The molecule has 0 bridgehead atoms. The maximum absolute atomic E-state index is 13.3. The summed E-state index contributed by atoms with van der Waals surface area (Å²) in [6, 6.07) is 21.0. The van der Waals surface area contributed by atoms with Crippen molar-refractivity contribution >= 4 is 17.1 Å². The Hall–Kier alpha value is -3.90. The molecule has 0 radical (unpaired) electrons. The molecule has 0 spiro atoms. The molecular weight excluding hydrogens is 427 g/mol.